The van der Waals surface area contributed by atoms with Gasteiger partial charge in [-0.3, -0.25) is 0 Å². The first kappa shape index (κ1) is 12.2. The third kappa shape index (κ3) is 2.23. The minimum absolute atomic E-state index is 0.139. The Labute approximate surface area is 96.8 Å². The first-order valence-corrected chi connectivity index (χ1v) is 5.60. The van der Waals surface area contributed by atoms with Crippen molar-refractivity contribution in [3.05, 3.63) is 29.3 Å². The first-order valence-electron chi connectivity index (χ1n) is 5.60. The lowest BCUT2D eigenvalue weighted by atomic mass is 10.1. The summed E-state index contributed by atoms with van der Waals surface area (Å²) in [4.78, 5) is 0. The summed E-state index contributed by atoms with van der Waals surface area (Å²) in [7, 11) is 0. The number of benzene rings is 1. The van der Waals surface area contributed by atoms with Crippen LogP contribution in [0.1, 0.15) is 26.2 Å². The highest BCUT2D eigenvalue weighted by atomic mass is 19.2. The molecule has 1 saturated carbocycles. The van der Waals surface area contributed by atoms with Crippen LogP contribution in [0, 0.1) is 29.2 Å². The summed E-state index contributed by atoms with van der Waals surface area (Å²) >= 11 is 0. The lowest BCUT2D eigenvalue weighted by Gasteiger charge is -2.19. The maximum absolute atomic E-state index is 13.4. The number of anilines is 1. The summed E-state index contributed by atoms with van der Waals surface area (Å²) in [6.45, 7) is 1.94. The SMILES string of the molecule is CC1CCCC1Nc1c(F)c(F)cc(F)c1F. The molecule has 2 unspecified atom stereocenters. The molecule has 1 fully saturated rings. The van der Waals surface area contributed by atoms with Crippen molar-refractivity contribution in [3.8, 4) is 0 Å². The van der Waals surface area contributed by atoms with E-state index in [0.29, 0.717) is 0 Å². The Morgan fingerprint density at radius 1 is 1.06 bits per heavy atom. The summed E-state index contributed by atoms with van der Waals surface area (Å²) in [5.41, 5.74) is -0.693. The van der Waals surface area contributed by atoms with E-state index in [1.54, 1.807) is 0 Å². The van der Waals surface area contributed by atoms with Gasteiger partial charge < -0.3 is 5.32 Å². The van der Waals surface area contributed by atoms with E-state index in [2.05, 4.69) is 5.32 Å². The molecule has 0 radical (unpaired) electrons. The van der Waals surface area contributed by atoms with Crippen molar-refractivity contribution in [1.82, 2.24) is 0 Å². The summed E-state index contributed by atoms with van der Waals surface area (Å²) in [5, 5.41) is 2.58. The van der Waals surface area contributed by atoms with Gasteiger partial charge in [0.1, 0.15) is 5.69 Å². The molecule has 1 aliphatic carbocycles. The van der Waals surface area contributed by atoms with Gasteiger partial charge in [0, 0.05) is 12.1 Å². The van der Waals surface area contributed by atoms with Crippen molar-refractivity contribution in [1.29, 1.82) is 0 Å². The Hall–Kier alpha value is -1.26. The molecule has 0 aromatic heterocycles. The largest absolute Gasteiger partial charge is 0.377 e. The fourth-order valence-electron chi connectivity index (χ4n) is 2.25. The van der Waals surface area contributed by atoms with Gasteiger partial charge in [-0.15, -0.1) is 0 Å². The van der Waals surface area contributed by atoms with E-state index >= 15 is 0 Å². The van der Waals surface area contributed by atoms with E-state index in [-0.39, 0.29) is 18.0 Å². The zero-order valence-electron chi connectivity index (χ0n) is 9.37. The van der Waals surface area contributed by atoms with E-state index in [4.69, 9.17) is 0 Å². The van der Waals surface area contributed by atoms with Crippen molar-refractivity contribution in [2.24, 2.45) is 5.92 Å². The molecule has 1 aliphatic rings. The monoisotopic (exact) mass is 247 g/mol. The van der Waals surface area contributed by atoms with Crippen LogP contribution in [0.3, 0.4) is 0 Å². The van der Waals surface area contributed by atoms with Gasteiger partial charge in [-0.25, -0.2) is 17.6 Å². The van der Waals surface area contributed by atoms with Gasteiger partial charge in [-0.2, -0.15) is 0 Å². The predicted molar refractivity (Wildman–Crippen MR) is 56.7 cm³/mol. The average molecular weight is 247 g/mol. The molecule has 17 heavy (non-hydrogen) atoms. The maximum Gasteiger partial charge on any atom is 0.185 e. The van der Waals surface area contributed by atoms with Crippen LogP contribution in [-0.4, -0.2) is 6.04 Å². The van der Waals surface area contributed by atoms with Crippen molar-refractivity contribution in [2.45, 2.75) is 32.2 Å². The van der Waals surface area contributed by atoms with Crippen LogP contribution in [-0.2, 0) is 0 Å². The fraction of sp³-hybridized carbons (Fsp3) is 0.500. The predicted octanol–water partition coefficient (Wildman–Crippen LogP) is 3.84. The molecule has 1 aromatic rings. The Bertz CT molecular complexity index is 407. The van der Waals surface area contributed by atoms with Gasteiger partial charge in [0.15, 0.2) is 23.3 Å². The second-order valence-corrected chi connectivity index (χ2v) is 4.50. The first-order chi connectivity index (χ1) is 8.00. The summed E-state index contributed by atoms with van der Waals surface area (Å²) in [6.07, 6.45) is 2.64. The quantitative estimate of drug-likeness (QED) is 0.618. The molecule has 5 heteroatoms. The van der Waals surface area contributed by atoms with Gasteiger partial charge in [0.05, 0.1) is 0 Å². The van der Waals surface area contributed by atoms with Crippen molar-refractivity contribution in [3.63, 3.8) is 0 Å². The van der Waals surface area contributed by atoms with Crippen molar-refractivity contribution >= 4 is 5.69 Å². The number of hydrogen-bond acceptors (Lipinski definition) is 1. The van der Waals surface area contributed by atoms with Crippen LogP contribution in [0.4, 0.5) is 23.2 Å². The van der Waals surface area contributed by atoms with E-state index in [9.17, 15) is 17.6 Å². The van der Waals surface area contributed by atoms with E-state index in [0.717, 1.165) is 19.3 Å². The molecule has 0 amide bonds. The minimum atomic E-state index is -1.38. The molecule has 0 heterocycles. The highest BCUT2D eigenvalue weighted by molar-refractivity contribution is 5.48. The number of rotatable bonds is 2. The Morgan fingerprint density at radius 2 is 1.65 bits per heavy atom. The number of hydrogen-bond donors (Lipinski definition) is 1. The minimum Gasteiger partial charge on any atom is -0.377 e. The van der Waals surface area contributed by atoms with Crippen molar-refractivity contribution < 1.29 is 17.6 Å². The third-order valence-corrected chi connectivity index (χ3v) is 3.30. The Kier molecular flexibility index (Phi) is 3.26. The van der Waals surface area contributed by atoms with Gasteiger partial charge in [-0.05, 0) is 18.8 Å². The highest BCUT2D eigenvalue weighted by Gasteiger charge is 2.27. The lowest BCUT2D eigenvalue weighted by molar-refractivity contribution is 0.452. The van der Waals surface area contributed by atoms with Gasteiger partial charge in [0.2, 0.25) is 0 Å². The third-order valence-electron chi connectivity index (χ3n) is 3.30. The van der Waals surface area contributed by atoms with Crippen molar-refractivity contribution in [2.75, 3.05) is 5.32 Å². The molecular weight excluding hydrogens is 234 g/mol. The van der Waals surface area contributed by atoms with Gasteiger partial charge >= 0.3 is 0 Å². The molecular formula is C12H13F4N. The van der Waals surface area contributed by atoms with Crippen LogP contribution in [0.5, 0.6) is 0 Å². The lowest BCUT2D eigenvalue weighted by Crippen LogP contribution is -2.23. The Morgan fingerprint density at radius 3 is 2.12 bits per heavy atom. The van der Waals surface area contributed by atoms with Crippen LogP contribution in [0.25, 0.3) is 0 Å². The molecule has 1 nitrogen and oxygen atoms in total. The molecule has 1 aromatic carbocycles. The molecule has 0 aliphatic heterocycles. The second kappa shape index (κ2) is 4.55. The molecule has 0 saturated heterocycles. The zero-order chi connectivity index (χ0) is 12.6. The van der Waals surface area contributed by atoms with E-state index in [1.165, 1.54) is 0 Å². The van der Waals surface area contributed by atoms with Crippen LogP contribution in [0.15, 0.2) is 6.07 Å². The van der Waals surface area contributed by atoms with Crippen LogP contribution in [0.2, 0.25) is 0 Å². The molecule has 2 rings (SSSR count). The van der Waals surface area contributed by atoms with E-state index < -0.39 is 29.0 Å². The number of halogens is 4. The molecule has 94 valence electrons. The smallest absolute Gasteiger partial charge is 0.185 e. The standard InChI is InChI=1S/C12H13F4N/c1-6-3-2-4-9(6)17-12-10(15)7(13)5-8(14)11(12)16/h5-6,9,17H,2-4H2,1H3. The average Bonchev–Trinajstić information content (AvgIpc) is 2.68. The molecule has 0 bridgehead atoms. The Balaban J connectivity index is 2.31. The van der Waals surface area contributed by atoms with Gasteiger partial charge in [-0.1, -0.05) is 13.3 Å². The molecule has 2 atom stereocenters. The van der Waals surface area contributed by atoms with E-state index in [1.807, 2.05) is 6.92 Å². The fourth-order valence-corrected chi connectivity index (χ4v) is 2.25. The summed E-state index contributed by atoms with van der Waals surface area (Å²) in [5.74, 6) is -5.24. The summed E-state index contributed by atoms with van der Waals surface area (Å²) in [6, 6.07) is 0.0775. The molecule has 0 spiro atoms. The second-order valence-electron chi connectivity index (χ2n) is 4.50. The highest BCUT2D eigenvalue weighted by Crippen LogP contribution is 2.31. The summed E-state index contributed by atoms with van der Waals surface area (Å²) < 4.78 is 52.7. The van der Waals surface area contributed by atoms with Gasteiger partial charge in [0.25, 0.3) is 0 Å². The molecule has 1 N–H and O–H groups in total. The van der Waals surface area contributed by atoms with Crippen LogP contribution >= 0.6 is 0 Å². The van der Waals surface area contributed by atoms with Crippen LogP contribution < -0.4 is 5.32 Å². The topological polar surface area (TPSA) is 12.0 Å². The zero-order valence-corrected chi connectivity index (χ0v) is 9.37. The maximum atomic E-state index is 13.4. The number of nitrogens with one attached hydrogen (secondary N) is 1. The normalized spacial score (nSPS) is 24.1.